The Labute approximate surface area is 89.0 Å². The van der Waals surface area contributed by atoms with E-state index >= 15 is 0 Å². The predicted octanol–water partition coefficient (Wildman–Crippen LogP) is 0.709. The first-order chi connectivity index (χ1) is 7.16. The standard InChI is InChI=1S/C10H17N3O2/c1-6(2)3-9-12-10(15-13-9)7-4-14-5-8(7)11/h6-8H,3-5,11H2,1-2H3. The van der Waals surface area contributed by atoms with Crippen LogP contribution < -0.4 is 5.73 Å². The molecule has 1 fully saturated rings. The van der Waals surface area contributed by atoms with Gasteiger partial charge in [0, 0.05) is 12.5 Å². The first kappa shape index (κ1) is 10.6. The van der Waals surface area contributed by atoms with E-state index < -0.39 is 0 Å². The topological polar surface area (TPSA) is 74.2 Å². The van der Waals surface area contributed by atoms with Crippen LogP contribution in [0.25, 0.3) is 0 Å². The SMILES string of the molecule is CC(C)Cc1noc(C2COCC2N)n1. The molecule has 1 aromatic rings. The van der Waals surface area contributed by atoms with Crippen LogP contribution in [-0.2, 0) is 11.2 Å². The molecule has 2 unspecified atom stereocenters. The minimum absolute atomic E-state index is 0.0163. The van der Waals surface area contributed by atoms with Gasteiger partial charge >= 0.3 is 0 Å². The number of rotatable bonds is 3. The average Bonchev–Trinajstić information content (AvgIpc) is 2.72. The fourth-order valence-electron chi connectivity index (χ4n) is 1.69. The van der Waals surface area contributed by atoms with E-state index in [1.807, 2.05) is 0 Å². The van der Waals surface area contributed by atoms with Crippen LogP contribution in [0.2, 0.25) is 0 Å². The van der Waals surface area contributed by atoms with Gasteiger partial charge in [-0.1, -0.05) is 19.0 Å². The van der Waals surface area contributed by atoms with E-state index in [-0.39, 0.29) is 12.0 Å². The fourth-order valence-corrected chi connectivity index (χ4v) is 1.69. The summed E-state index contributed by atoms with van der Waals surface area (Å²) in [7, 11) is 0. The monoisotopic (exact) mass is 211 g/mol. The first-order valence-corrected chi connectivity index (χ1v) is 5.32. The van der Waals surface area contributed by atoms with Crippen molar-refractivity contribution in [1.82, 2.24) is 10.1 Å². The molecule has 5 nitrogen and oxygen atoms in total. The normalized spacial score (nSPS) is 26.4. The Morgan fingerprint density at radius 1 is 1.47 bits per heavy atom. The molecule has 2 N–H and O–H groups in total. The smallest absolute Gasteiger partial charge is 0.233 e. The maximum absolute atomic E-state index is 5.87. The van der Waals surface area contributed by atoms with E-state index in [0.29, 0.717) is 25.0 Å². The van der Waals surface area contributed by atoms with E-state index in [9.17, 15) is 0 Å². The van der Waals surface area contributed by atoms with Gasteiger partial charge in [-0.05, 0) is 5.92 Å². The maximum Gasteiger partial charge on any atom is 0.233 e. The highest BCUT2D eigenvalue weighted by molar-refractivity contribution is 5.01. The lowest BCUT2D eigenvalue weighted by Gasteiger charge is -2.06. The minimum atomic E-state index is -0.0163. The average molecular weight is 211 g/mol. The number of ether oxygens (including phenoxy) is 1. The molecule has 0 aliphatic carbocycles. The van der Waals surface area contributed by atoms with Gasteiger partial charge in [0.1, 0.15) is 0 Å². The zero-order chi connectivity index (χ0) is 10.8. The molecule has 2 rings (SSSR count). The summed E-state index contributed by atoms with van der Waals surface area (Å²) < 4.78 is 10.5. The van der Waals surface area contributed by atoms with Gasteiger partial charge in [-0.25, -0.2) is 0 Å². The lowest BCUT2D eigenvalue weighted by atomic mass is 10.1. The van der Waals surface area contributed by atoms with Crippen molar-refractivity contribution >= 4 is 0 Å². The van der Waals surface area contributed by atoms with Crippen molar-refractivity contribution in [2.75, 3.05) is 13.2 Å². The van der Waals surface area contributed by atoms with E-state index in [1.165, 1.54) is 0 Å². The molecule has 0 radical (unpaired) electrons. The van der Waals surface area contributed by atoms with Crippen LogP contribution in [0.3, 0.4) is 0 Å². The highest BCUT2D eigenvalue weighted by Crippen LogP contribution is 2.23. The van der Waals surface area contributed by atoms with Crippen LogP contribution in [-0.4, -0.2) is 29.4 Å². The first-order valence-electron chi connectivity index (χ1n) is 5.32. The van der Waals surface area contributed by atoms with Gasteiger partial charge in [-0.2, -0.15) is 4.98 Å². The molecule has 2 heterocycles. The minimum Gasteiger partial charge on any atom is -0.379 e. The van der Waals surface area contributed by atoms with E-state index in [0.717, 1.165) is 12.2 Å². The lowest BCUT2D eigenvalue weighted by molar-refractivity contribution is 0.187. The lowest BCUT2D eigenvalue weighted by Crippen LogP contribution is -2.27. The molecule has 1 aliphatic rings. The van der Waals surface area contributed by atoms with E-state index in [1.54, 1.807) is 0 Å². The van der Waals surface area contributed by atoms with Crippen LogP contribution in [0.5, 0.6) is 0 Å². The van der Waals surface area contributed by atoms with Crippen molar-refractivity contribution in [3.8, 4) is 0 Å². The highest BCUT2D eigenvalue weighted by Gasteiger charge is 2.31. The summed E-state index contributed by atoms with van der Waals surface area (Å²) in [6.07, 6.45) is 0.840. The van der Waals surface area contributed by atoms with Gasteiger partial charge in [0.25, 0.3) is 0 Å². The largest absolute Gasteiger partial charge is 0.379 e. The summed E-state index contributed by atoms with van der Waals surface area (Å²) in [6.45, 7) is 5.41. The van der Waals surface area contributed by atoms with Crippen LogP contribution in [0.15, 0.2) is 4.52 Å². The molecule has 0 saturated carbocycles. The second kappa shape index (κ2) is 4.28. The molecule has 0 bridgehead atoms. The summed E-state index contributed by atoms with van der Waals surface area (Å²) in [6, 6.07) is -0.0163. The summed E-state index contributed by atoms with van der Waals surface area (Å²) >= 11 is 0. The zero-order valence-corrected chi connectivity index (χ0v) is 9.14. The van der Waals surface area contributed by atoms with E-state index in [2.05, 4.69) is 24.0 Å². The molecule has 15 heavy (non-hydrogen) atoms. The molecule has 84 valence electrons. The molecule has 1 aromatic heterocycles. The number of aromatic nitrogens is 2. The van der Waals surface area contributed by atoms with Gasteiger partial charge in [0.2, 0.25) is 5.89 Å². The van der Waals surface area contributed by atoms with E-state index in [4.69, 9.17) is 15.0 Å². The van der Waals surface area contributed by atoms with Crippen LogP contribution >= 0.6 is 0 Å². The summed E-state index contributed by atoms with van der Waals surface area (Å²) in [4.78, 5) is 4.35. The van der Waals surface area contributed by atoms with Gasteiger partial charge in [0.05, 0.1) is 19.1 Å². The number of hydrogen-bond donors (Lipinski definition) is 1. The molecule has 0 aromatic carbocycles. The summed E-state index contributed by atoms with van der Waals surface area (Å²) in [5.41, 5.74) is 5.87. The molecular formula is C10H17N3O2. The molecular weight excluding hydrogens is 194 g/mol. The Balaban J connectivity index is 2.06. The van der Waals surface area contributed by atoms with Gasteiger partial charge in [-0.15, -0.1) is 0 Å². The molecule has 1 aliphatic heterocycles. The maximum atomic E-state index is 5.87. The molecule has 2 atom stereocenters. The highest BCUT2D eigenvalue weighted by atomic mass is 16.5. The molecule has 0 spiro atoms. The second-order valence-corrected chi connectivity index (χ2v) is 4.45. The Hall–Kier alpha value is -0.940. The summed E-state index contributed by atoms with van der Waals surface area (Å²) in [5.74, 6) is 1.98. The fraction of sp³-hybridized carbons (Fsp3) is 0.800. The quantitative estimate of drug-likeness (QED) is 0.797. The predicted molar refractivity (Wildman–Crippen MR) is 54.4 cm³/mol. The van der Waals surface area contributed by atoms with Crippen molar-refractivity contribution in [1.29, 1.82) is 0 Å². The zero-order valence-electron chi connectivity index (χ0n) is 9.14. The number of hydrogen-bond acceptors (Lipinski definition) is 5. The number of nitrogens with two attached hydrogens (primary N) is 1. The van der Waals surface area contributed by atoms with Crippen molar-refractivity contribution in [3.05, 3.63) is 11.7 Å². The van der Waals surface area contributed by atoms with Crippen LogP contribution in [0, 0.1) is 5.92 Å². The van der Waals surface area contributed by atoms with Crippen LogP contribution in [0.4, 0.5) is 0 Å². The second-order valence-electron chi connectivity index (χ2n) is 4.45. The number of nitrogens with zero attached hydrogens (tertiary/aromatic N) is 2. The van der Waals surface area contributed by atoms with Crippen molar-refractivity contribution in [2.45, 2.75) is 32.2 Å². The Bertz CT molecular complexity index is 324. The third-order valence-corrected chi connectivity index (χ3v) is 2.52. The molecule has 1 saturated heterocycles. The van der Waals surface area contributed by atoms with Gasteiger partial charge < -0.3 is 15.0 Å². The Morgan fingerprint density at radius 2 is 2.27 bits per heavy atom. The van der Waals surface area contributed by atoms with Crippen molar-refractivity contribution < 1.29 is 9.26 Å². The third kappa shape index (κ3) is 2.35. The summed E-state index contributed by atoms with van der Waals surface area (Å²) in [5, 5.41) is 3.94. The van der Waals surface area contributed by atoms with Gasteiger partial charge in [-0.3, -0.25) is 0 Å². The van der Waals surface area contributed by atoms with Crippen molar-refractivity contribution in [3.63, 3.8) is 0 Å². The Kier molecular flexibility index (Phi) is 3.02. The van der Waals surface area contributed by atoms with Gasteiger partial charge in [0.15, 0.2) is 5.82 Å². The van der Waals surface area contributed by atoms with Crippen LogP contribution in [0.1, 0.15) is 31.5 Å². The third-order valence-electron chi connectivity index (χ3n) is 2.52. The molecule has 0 amide bonds. The Morgan fingerprint density at radius 3 is 2.87 bits per heavy atom. The van der Waals surface area contributed by atoms with Crippen molar-refractivity contribution in [2.24, 2.45) is 11.7 Å². The molecule has 5 heteroatoms.